The molecule has 0 aromatic rings. The topological polar surface area (TPSA) is 110 Å². The van der Waals surface area contributed by atoms with Gasteiger partial charge in [-0.2, -0.15) is 0 Å². The van der Waals surface area contributed by atoms with Crippen molar-refractivity contribution in [2.24, 2.45) is 0 Å². The van der Waals surface area contributed by atoms with E-state index in [4.69, 9.17) is 0 Å². The van der Waals surface area contributed by atoms with Gasteiger partial charge in [0.15, 0.2) is 0 Å². The van der Waals surface area contributed by atoms with E-state index in [1.165, 1.54) is 109 Å². The van der Waals surface area contributed by atoms with Crippen molar-refractivity contribution >= 4 is 5.91 Å². The minimum atomic E-state index is -1.29. The van der Waals surface area contributed by atoms with Crippen LogP contribution in [0.2, 0.25) is 0 Å². The molecule has 6 nitrogen and oxygen atoms in total. The molecule has 6 heteroatoms. The van der Waals surface area contributed by atoms with Gasteiger partial charge in [0.25, 0.3) is 0 Å². The summed E-state index contributed by atoms with van der Waals surface area (Å²) in [7, 11) is 0. The van der Waals surface area contributed by atoms with Crippen LogP contribution in [0.3, 0.4) is 0 Å². The van der Waals surface area contributed by atoms with Gasteiger partial charge in [0.2, 0.25) is 5.91 Å². The molecule has 0 fully saturated rings. The van der Waals surface area contributed by atoms with E-state index in [9.17, 15) is 25.2 Å². The van der Waals surface area contributed by atoms with Gasteiger partial charge in [0, 0.05) is 0 Å². The Labute approximate surface area is 303 Å². The highest BCUT2D eigenvalue weighted by Gasteiger charge is 2.28. The maximum absolute atomic E-state index is 12.5. The van der Waals surface area contributed by atoms with Crippen LogP contribution in [0.25, 0.3) is 0 Å². The fourth-order valence-electron chi connectivity index (χ4n) is 6.27. The van der Waals surface area contributed by atoms with Crippen LogP contribution >= 0.6 is 0 Å². The summed E-state index contributed by atoms with van der Waals surface area (Å²) in [5.41, 5.74) is 0. The lowest BCUT2D eigenvalue weighted by Crippen LogP contribution is -2.53. The smallest absolute Gasteiger partial charge is 0.249 e. The molecule has 0 aliphatic heterocycles. The SMILES string of the molecule is CC/C=C/CC/C=C/CC/C=C/CCCC(O)C(O)C(CO)NC(=O)C(O)CCCCCCCCCCCCCCCCCCCCCC. The van der Waals surface area contributed by atoms with E-state index in [0.29, 0.717) is 19.3 Å². The van der Waals surface area contributed by atoms with Crippen LogP contribution in [0, 0.1) is 0 Å². The third kappa shape index (κ3) is 32.2. The van der Waals surface area contributed by atoms with Gasteiger partial charge in [-0.1, -0.05) is 179 Å². The molecule has 0 rings (SSSR count). The molecule has 0 radical (unpaired) electrons. The monoisotopic (exact) mass is 692 g/mol. The number of hydrogen-bond donors (Lipinski definition) is 5. The van der Waals surface area contributed by atoms with E-state index in [1.807, 2.05) is 0 Å². The second kappa shape index (κ2) is 37.8. The Balaban J connectivity index is 3.77. The van der Waals surface area contributed by atoms with Crippen LogP contribution in [-0.4, -0.2) is 57.3 Å². The third-order valence-electron chi connectivity index (χ3n) is 9.57. The summed E-state index contributed by atoms with van der Waals surface area (Å²) in [6.07, 6.45) is 43.2. The molecule has 49 heavy (non-hydrogen) atoms. The molecule has 1 amide bonds. The standard InChI is InChI=1S/C43H81NO5/c1-3-5-7-9-11-13-15-17-18-19-20-21-22-23-25-27-29-31-33-35-37-41(47)43(49)44-39(38-45)42(48)40(46)36-34-32-30-28-26-24-16-14-12-10-8-6-4-2/h6,8,14,16,28,30,39-42,45-48H,3-5,7,9-13,15,17-27,29,31-38H2,1-2H3,(H,44,49)/b8-6+,16-14+,30-28+. The number of aliphatic hydroxyl groups excluding tert-OH is 4. The van der Waals surface area contributed by atoms with E-state index < -0.39 is 36.9 Å². The van der Waals surface area contributed by atoms with Crippen molar-refractivity contribution in [3.63, 3.8) is 0 Å². The Morgan fingerprint density at radius 2 is 0.898 bits per heavy atom. The molecule has 0 aromatic heterocycles. The first-order valence-corrected chi connectivity index (χ1v) is 20.9. The predicted molar refractivity (Wildman–Crippen MR) is 210 cm³/mol. The minimum absolute atomic E-state index is 0.361. The number of amides is 1. The molecular weight excluding hydrogens is 610 g/mol. The Morgan fingerprint density at radius 1 is 0.510 bits per heavy atom. The molecule has 0 bridgehead atoms. The summed E-state index contributed by atoms with van der Waals surface area (Å²) >= 11 is 0. The lowest BCUT2D eigenvalue weighted by Gasteiger charge is -2.27. The molecule has 288 valence electrons. The van der Waals surface area contributed by atoms with Crippen molar-refractivity contribution in [2.45, 2.75) is 224 Å². The predicted octanol–water partition coefficient (Wildman–Crippen LogP) is 10.6. The van der Waals surface area contributed by atoms with Crippen molar-refractivity contribution in [3.8, 4) is 0 Å². The van der Waals surface area contributed by atoms with Gasteiger partial charge < -0.3 is 25.7 Å². The highest BCUT2D eigenvalue weighted by molar-refractivity contribution is 5.80. The molecule has 5 N–H and O–H groups in total. The lowest BCUT2D eigenvalue weighted by molar-refractivity contribution is -0.132. The normalized spacial score (nSPS) is 14.7. The maximum atomic E-state index is 12.5. The quantitative estimate of drug-likeness (QED) is 0.0329. The van der Waals surface area contributed by atoms with Gasteiger partial charge in [-0.05, 0) is 57.8 Å². The second-order valence-corrected chi connectivity index (χ2v) is 14.3. The summed E-state index contributed by atoms with van der Waals surface area (Å²) in [4.78, 5) is 12.5. The van der Waals surface area contributed by atoms with Crippen LogP contribution in [0.1, 0.15) is 200 Å². The summed E-state index contributed by atoms with van der Waals surface area (Å²) in [6.45, 7) is 3.92. The zero-order chi connectivity index (χ0) is 36.0. The van der Waals surface area contributed by atoms with E-state index in [0.717, 1.165) is 57.8 Å². The van der Waals surface area contributed by atoms with Crippen LogP contribution in [0.15, 0.2) is 36.5 Å². The Bertz CT molecular complexity index is 782. The van der Waals surface area contributed by atoms with E-state index in [1.54, 1.807) is 0 Å². The number of hydrogen-bond acceptors (Lipinski definition) is 5. The number of unbranched alkanes of at least 4 members (excludes halogenated alkanes) is 22. The van der Waals surface area contributed by atoms with Gasteiger partial charge in [-0.15, -0.1) is 0 Å². The zero-order valence-electron chi connectivity index (χ0n) is 32.2. The first-order chi connectivity index (χ1) is 24.0. The average molecular weight is 692 g/mol. The highest BCUT2D eigenvalue weighted by Crippen LogP contribution is 2.16. The number of allylic oxidation sites excluding steroid dienone is 6. The first kappa shape index (κ1) is 47.5. The molecule has 0 heterocycles. The largest absolute Gasteiger partial charge is 0.394 e. The van der Waals surface area contributed by atoms with Gasteiger partial charge in [-0.25, -0.2) is 0 Å². The van der Waals surface area contributed by atoms with Gasteiger partial charge in [-0.3, -0.25) is 4.79 Å². The molecule has 0 aliphatic rings. The average Bonchev–Trinajstić information content (AvgIpc) is 3.11. The Morgan fingerprint density at radius 3 is 1.31 bits per heavy atom. The minimum Gasteiger partial charge on any atom is -0.394 e. The summed E-state index contributed by atoms with van der Waals surface area (Å²) in [5, 5.41) is 43.5. The number of rotatable bonds is 37. The number of aliphatic hydroxyl groups is 4. The van der Waals surface area contributed by atoms with Crippen molar-refractivity contribution in [3.05, 3.63) is 36.5 Å². The second-order valence-electron chi connectivity index (χ2n) is 14.3. The van der Waals surface area contributed by atoms with Gasteiger partial charge >= 0.3 is 0 Å². The van der Waals surface area contributed by atoms with Crippen molar-refractivity contribution in [1.82, 2.24) is 5.32 Å². The van der Waals surface area contributed by atoms with Crippen LogP contribution in [0.5, 0.6) is 0 Å². The fraction of sp³-hybridized carbons (Fsp3) is 0.837. The number of nitrogens with one attached hydrogen (secondary N) is 1. The van der Waals surface area contributed by atoms with Crippen molar-refractivity contribution in [2.75, 3.05) is 6.61 Å². The fourth-order valence-corrected chi connectivity index (χ4v) is 6.27. The summed E-state index contributed by atoms with van der Waals surface area (Å²) in [5.74, 6) is -0.600. The maximum Gasteiger partial charge on any atom is 0.249 e. The molecule has 0 saturated carbocycles. The highest BCUT2D eigenvalue weighted by atomic mass is 16.3. The van der Waals surface area contributed by atoms with Crippen molar-refractivity contribution < 1.29 is 25.2 Å². The van der Waals surface area contributed by atoms with Crippen LogP contribution in [-0.2, 0) is 4.79 Å². The molecule has 4 atom stereocenters. The molecule has 0 aromatic carbocycles. The zero-order valence-corrected chi connectivity index (χ0v) is 32.2. The van der Waals surface area contributed by atoms with E-state index in [2.05, 4.69) is 55.6 Å². The van der Waals surface area contributed by atoms with Crippen LogP contribution < -0.4 is 5.32 Å². The Hall–Kier alpha value is -1.47. The van der Waals surface area contributed by atoms with E-state index >= 15 is 0 Å². The van der Waals surface area contributed by atoms with Gasteiger partial charge in [0.1, 0.15) is 12.2 Å². The molecular formula is C43H81NO5. The van der Waals surface area contributed by atoms with Crippen LogP contribution in [0.4, 0.5) is 0 Å². The number of carbonyl (C=O) groups excluding carboxylic acids is 1. The van der Waals surface area contributed by atoms with Crippen molar-refractivity contribution in [1.29, 1.82) is 0 Å². The van der Waals surface area contributed by atoms with Gasteiger partial charge in [0.05, 0.1) is 18.8 Å². The first-order valence-electron chi connectivity index (χ1n) is 20.9. The molecule has 4 unspecified atom stereocenters. The Kier molecular flexibility index (Phi) is 36.6. The molecule has 0 saturated heterocycles. The molecule has 0 spiro atoms. The molecule has 0 aliphatic carbocycles. The van der Waals surface area contributed by atoms with E-state index in [-0.39, 0.29) is 0 Å². The summed E-state index contributed by atoms with van der Waals surface area (Å²) < 4.78 is 0. The number of carbonyl (C=O) groups is 1. The summed E-state index contributed by atoms with van der Waals surface area (Å²) in [6, 6.07) is -1.01. The third-order valence-corrected chi connectivity index (χ3v) is 9.57. The lowest BCUT2D eigenvalue weighted by atomic mass is 10.00.